The van der Waals surface area contributed by atoms with E-state index in [0.717, 1.165) is 6.07 Å². The van der Waals surface area contributed by atoms with E-state index in [4.69, 9.17) is 21.1 Å². The van der Waals surface area contributed by atoms with E-state index in [1.807, 2.05) is 6.07 Å². The van der Waals surface area contributed by atoms with Crippen LogP contribution in [0.3, 0.4) is 0 Å². The lowest BCUT2D eigenvalue weighted by Crippen LogP contribution is -2.49. The fourth-order valence-corrected chi connectivity index (χ4v) is 3.13. The number of ether oxygens (including phenoxy) is 2. The zero-order valence-electron chi connectivity index (χ0n) is 18.5. The first-order chi connectivity index (χ1) is 14.9. The number of hydrogen-bond donors (Lipinski definition) is 2. The number of alkyl carbamates (subject to hydrolysis) is 1. The van der Waals surface area contributed by atoms with Gasteiger partial charge in [-0.25, -0.2) is 19.0 Å². The minimum absolute atomic E-state index is 0.00105. The van der Waals surface area contributed by atoms with E-state index in [1.165, 1.54) is 22.9 Å². The molecule has 1 heterocycles. The number of nitriles is 1. The molecule has 2 amide bonds. The Balaban J connectivity index is 2.51. The standard InChI is InChI=1S/C21H25ClFN5O4/c1-6-25-18(29)31-13-7-8-15(23)14(9-13)21(5,27-19(30)32-20(2,3)4)12-28-11-16(22)26-17(28)10-24/h7-9,11H,6,12H2,1-5H3,(H,25,29)(H,27,30). The van der Waals surface area contributed by atoms with Crippen LogP contribution in [0.1, 0.15) is 46.0 Å². The summed E-state index contributed by atoms with van der Waals surface area (Å²) in [5, 5.41) is 14.5. The minimum atomic E-state index is -1.44. The van der Waals surface area contributed by atoms with Gasteiger partial charge in [-0.2, -0.15) is 5.26 Å². The van der Waals surface area contributed by atoms with Gasteiger partial charge in [0.1, 0.15) is 28.4 Å². The van der Waals surface area contributed by atoms with Crippen LogP contribution in [-0.4, -0.2) is 33.9 Å². The first kappa shape index (κ1) is 24.9. The van der Waals surface area contributed by atoms with Crippen LogP contribution in [0.5, 0.6) is 5.75 Å². The van der Waals surface area contributed by atoms with Crippen LogP contribution in [0, 0.1) is 17.1 Å². The van der Waals surface area contributed by atoms with E-state index < -0.39 is 29.1 Å². The molecule has 0 aliphatic carbocycles. The third-order valence-corrected chi connectivity index (χ3v) is 4.36. The fraction of sp³-hybridized carbons (Fsp3) is 0.429. The summed E-state index contributed by atoms with van der Waals surface area (Å²) in [5.41, 5.74) is -2.25. The van der Waals surface area contributed by atoms with Gasteiger partial charge in [0.2, 0.25) is 5.82 Å². The Morgan fingerprint density at radius 2 is 1.97 bits per heavy atom. The van der Waals surface area contributed by atoms with Crippen molar-refractivity contribution in [1.29, 1.82) is 5.26 Å². The molecule has 0 radical (unpaired) electrons. The molecule has 9 nitrogen and oxygen atoms in total. The van der Waals surface area contributed by atoms with Crippen LogP contribution in [0.4, 0.5) is 14.0 Å². The Morgan fingerprint density at radius 1 is 1.28 bits per heavy atom. The molecule has 1 aromatic carbocycles. The maximum absolute atomic E-state index is 15.0. The number of carbonyl (C=O) groups is 2. The quantitative estimate of drug-likeness (QED) is 0.663. The van der Waals surface area contributed by atoms with Gasteiger partial charge >= 0.3 is 12.2 Å². The molecule has 2 aromatic rings. The van der Waals surface area contributed by atoms with Crippen molar-refractivity contribution in [3.8, 4) is 11.8 Å². The Morgan fingerprint density at radius 3 is 2.56 bits per heavy atom. The second-order valence-electron chi connectivity index (χ2n) is 8.15. The average molecular weight is 466 g/mol. The minimum Gasteiger partial charge on any atom is -0.444 e. The summed E-state index contributed by atoms with van der Waals surface area (Å²) >= 11 is 5.92. The molecular weight excluding hydrogens is 441 g/mol. The Hall–Kier alpha value is -3.32. The van der Waals surface area contributed by atoms with Gasteiger partial charge in [-0.15, -0.1) is 0 Å². The molecule has 2 rings (SSSR count). The summed E-state index contributed by atoms with van der Waals surface area (Å²) in [5.74, 6) is -0.632. The smallest absolute Gasteiger partial charge is 0.412 e. The molecule has 1 aromatic heterocycles. The maximum atomic E-state index is 15.0. The average Bonchev–Trinajstić information content (AvgIpc) is 3.00. The van der Waals surface area contributed by atoms with Crippen LogP contribution in [0.2, 0.25) is 5.15 Å². The van der Waals surface area contributed by atoms with E-state index in [1.54, 1.807) is 34.6 Å². The number of rotatable bonds is 6. The second-order valence-corrected chi connectivity index (χ2v) is 8.53. The largest absolute Gasteiger partial charge is 0.444 e. The monoisotopic (exact) mass is 465 g/mol. The lowest BCUT2D eigenvalue weighted by atomic mass is 9.91. The summed E-state index contributed by atoms with van der Waals surface area (Å²) in [4.78, 5) is 28.3. The van der Waals surface area contributed by atoms with Gasteiger partial charge < -0.3 is 24.7 Å². The Kier molecular flexibility index (Phi) is 7.69. The van der Waals surface area contributed by atoms with Crippen molar-refractivity contribution < 1.29 is 23.5 Å². The summed E-state index contributed by atoms with van der Waals surface area (Å²) in [7, 11) is 0. The van der Waals surface area contributed by atoms with Gasteiger partial charge in [0, 0.05) is 18.3 Å². The molecule has 2 N–H and O–H groups in total. The van der Waals surface area contributed by atoms with E-state index in [2.05, 4.69) is 15.6 Å². The van der Waals surface area contributed by atoms with Crippen LogP contribution < -0.4 is 15.4 Å². The number of carbonyl (C=O) groups excluding carboxylic acids is 2. The zero-order chi connectivity index (χ0) is 24.1. The van der Waals surface area contributed by atoms with Gasteiger partial charge in [0.25, 0.3) is 0 Å². The van der Waals surface area contributed by atoms with E-state index in [0.29, 0.717) is 6.54 Å². The zero-order valence-corrected chi connectivity index (χ0v) is 19.2. The first-order valence-corrected chi connectivity index (χ1v) is 10.1. The lowest BCUT2D eigenvalue weighted by Gasteiger charge is -2.33. The van der Waals surface area contributed by atoms with Crippen molar-refractivity contribution in [1.82, 2.24) is 20.2 Å². The molecule has 32 heavy (non-hydrogen) atoms. The number of imidazole rings is 1. The number of benzene rings is 1. The molecular formula is C21H25ClFN5O4. The van der Waals surface area contributed by atoms with E-state index in [9.17, 15) is 19.2 Å². The third kappa shape index (κ3) is 6.59. The highest BCUT2D eigenvalue weighted by atomic mass is 35.5. The molecule has 0 aliphatic rings. The van der Waals surface area contributed by atoms with Crippen molar-refractivity contribution in [2.45, 2.75) is 52.3 Å². The van der Waals surface area contributed by atoms with Crippen molar-refractivity contribution in [3.05, 3.63) is 46.8 Å². The number of hydrogen-bond acceptors (Lipinski definition) is 6. The molecule has 0 saturated carbocycles. The molecule has 1 unspecified atom stereocenters. The summed E-state index contributed by atoms with van der Waals surface area (Å²) in [6.45, 7) is 8.57. The van der Waals surface area contributed by atoms with Crippen LogP contribution in [0.25, 0.3) is 0 Å². The highest BCUT2D eigenvalue weighted by Crippen LogP contribution is 2.30. The molecule has 172 valence electrons. The van der Waals surface area contributed by atoms with Crippen LogP contribution in [0.15, 0.2) is 24.4 Å². The van der Waals surface area contributed by atoms with Crippen molar-refractivity contribution in [2.24, 2.45) is 0 Å². The molecule has 0 aliphatic heterocycles. The molecule has 0 fully saturated rings. The van der Waals surface area contributed by atoms with Gasteiger partial charge in [0.05, 0.1) is 12.1 Å². The number of halogens is 2. The van der Waals surface area contributed by atoms with Gasteiger partial charge in [-0.05, 0) is 52.8 Å². The Bertz CT molecular complexity index is 1040. The van der Waals surface area contributed by atoms with Crippen LogP contribution >= 0.6 is 11.6 Å². The number of nitrogens with one attached hydrogen (secondary N) is 2. The lowest BCUT2D eigenvalue weighted by molar-refractivity contribution is 0.0447. The molecule has 0 spiro atoms. The van der Waals surface area contributed by atoms with Gasteiger partial charge in [0.15, 0.2) is 0 Å². The highest BCUT2D eigenvalue weighted by Gasteiger charge is 2.35. The summed E-state index contributed by atoms with van der Waals surface area (Å²) < 4.78 is 26.9. The number of nitrogens with zero attached hydrogens (tertiary/aromatic N) is 3. The summed E-state index contributed by atoms with van der Waals surface area (Å²) in [6, 6.07) is 5.60. The second kappa shape index (κ2) is 9.87. The van der Waals surface area contributed by atoms with Crippen molar-refractivity contribution in [2.75, 3.05) is 6.54 Å². The normalized spacial score (nSPS) is 12.9. The van der Waals surface area contributed by atoms with Crippen LogP contribution in [-0.2, 0) is 16.8 Å². The summed E-state index contributed by atoms with van der Waals surface area (Å²) in [6.07, 6.45) is -0.124. The Labute approximate surface area is 190 Å². The molecule has 0 saturated heterocycles. The predicted octanol–water partition coefficient (Wildman–Crippen LogP) is 4.10. The van der Waals surface area contributed by atoms with Crippen molar-refractivity contribution >= 4 is 23.8 Å². The SMILES string of the molecule is CCNC(=O)Oc1ccc(F)c(C(C)(Cn2cc(Cl)nc2C#N)NC(=O)OC(C)(C)C)c1. The van der Waals surface area contributed by atoms with E-state index in [-0.39, 0.29) is 28.8 Å². The van der Waals surface area contributed by atoms with Gasteiger partial charge in [-0.1, -0.05) is 11.6 Å². The highest BCUT2D eigenvalue weighted by molar-refractivity contribution is 6.29. The van der Waals surface area contributed by atoms with E-state index >= 15 is 0 Å². The molecule has 11 heteroatoms. The first-order valence-electron chi connectivity index (χ1n) is 9.76. The topological polar surface area (TPSA) is 118 Å². The van der Waals surface area contributed by atoms with Crippen molar-refractivity contribution in [3.63, 3.8) is 0 Å². The third-order valence-electron chi connectivity index (χ3n) is 4.17. The number of aromatic nitrogens is 2. The predicted molar refractivity (Wildman–Crippen MR) is 115 cm³/mol. The molecule has 0 bridgehead atoms. The number of amides is 2. The fourth-order valence-electron chi connectivity index (χ4n) is 2.93. The maximum Gasteiger partial charge on any atom is 0.412 e. The van der Waals surface area contributed by atoms with Gasteiger partial charge in [-0.3, -0.25) is 0 Å². The molecule has 1 atom stereocenters.